The number of rotatable bonds is 5. The Morgan fingerprint density at radius 3 is 2.54 bits per heavy atom. The number of nitrogens with zero attached hydrogens (tertiary/aromatic N) is 2. The van der Waals surface area contributed by atoms with Gasteiger partial charge in [-0.3, -0.25) is 9.59 Å². The predicted octanol–water partition coefficient (Wildman–Crippen LogP) is 2.95. The van der Waals surface area contributed by atoms with Gasteiger partial charge < -0.3 is 14.8 Å². The smallest absolute Gasteiger partial charge is 0.280 e. The standard InChI is InChI=1S/C20H18FN3O4/c1-12-10-17(25)19(23-24(12)16-7-5-4-6-14(16)21)20(26)22-15-9-8-13(27-2)11-18(15)28-3/h4-11H,1-3H3,(H,22,26). The summed E-state index contributed by atoms with van der Waals surface area (Å²) in [6, 6.07) is 12.0. The zero-order chi connectivity index (χ0) is 20.3. The zero-order valence-electron chi connectivity index (χ0n) is 15.5. The fraction of sp³-hybridized carbons (Fsp3) is 0.150. The Morgan fingerprint density at radius 2 is 1.86 bits per heavy atom. The maximum absolute atomic E-state index is 14.1. The van der Waals surface area contributed by atoms with E-state index in [4.69, 9.17) is 9.47 Å². The van der Waals surface area contributed by atoms with Crippen molar-refractivity contribution in [1.29, 1.82) is 0 Å². The molecule has 0 radical (unpaired) electrons. The summed E-state index contributed by atoms with van der Waals surface area (Å²) in [4.78, 5) is 25.0. The number of carbonyl (C=O) groups is 1. The number of anilines is 1. The van der Waals surface area contributed by atoms with Gasteiger partial charge in [-0.2, -0.15) is 5.10 Å². The first-order chi connectivity index (χ1) is 13.4. The number of aromatic nitrogens is 2. The average Bonchev–Trinajstić information content (AvgIpc) is 2.69. The molecule has 0 saturated heterocycles. The number of ether oxygens (including phenoxy) is 2. The zero-order valence-corrected chi connectivity index (χ0v) is 15.5. The average molecular weight is 383 g/mol. The van der Waals surface area contributed by atoms with Crippen LogP contribution in [0.5, 0.6) is 11.5 Å². The highest BCUT2D eigenvalue weighted by Gasteiger charge is 2.18. The summed E-state index contributed by atoms with van der Waals surface area (Å²) in [6.07, 6.45) is 0. The van der Waals surface area contributed by atoms with E-state index < -0.39 is 17.2 Å². The van der Waals surface area contributed by atoms with Gasteiger partial charge in [0.2, 0.25) is 5.43 Å². The Bertz CT molecular complexity index is 1100. The van der Waals surface area contributed by atoms with E-state index >= 15 is 0 Å². The Hall–Kier alpha value is -3.68. The van der Waals surface area contributed by atoms with E-state index in [1.54, 1.807) is 37.3 Å². The lowest BCUT2D eigenvalue weighted by atomic mass is 10.2. The maximum Gasteiger partial charge on any atom is 0.280 e. The molecule has 2 aromatic carbocycles. The molecule has 8 heteroatoms. The van der Waals surface area contributed by atoms with Crippen molar-refractivity contribution >= 4 is 11.6 Å². The molecule has 144 valence electrons. The van der Waals surface area contributed by atoms with Crippen LogP contribution in [-0.4, -0.2) is 29.9 Å². The molecule has 0 aliphatic carbocycles. The molecule has 0 saturated carbocycles. The lowest BCUT2D eigenvalue weighted by Gasteiger charge is -2.13. The first-order valence-corrected chi connectivity index (χ1v) is 8.34. The van der Waals surface area contributed by atoms with E-state index in [2.05, 4.69) is 10.4 Å². The highest BCUT2D eigenvalue weighted by atomic mass is 19.1. The van der Waals surface area contributed by atoms with Crippen LogP contribution in [-0.2, 0) is 0 Å². The Morgan fingerprint density at radius 1 is 1.11 bits per heavy atom. The van der Waals surface area contributed by atoms with Gasteiger partial charge in [-0.15, -0.1) is 0 Å². The molecule has 28 heavy (non-hydrogen) atoms. The van der Waals surface area contributed by atoms with Crippen LogP contribution in [0.2, 0.25) is 0 Å². The number of benzene rings is 2. The van der Waals surface area contributed by atoms with Crippen molar-refractivity contribution in [2.45, 2.75) is 6.92 Å². The van der Waals surface area contributed by atoms with Gasteiger partial charge in [-0.05, 0) is 31.2 Å². The minimum absolute atomic E-state index is 0.135. The molecule has 1 amide bonds. The number of aryl methyl sites for hydroxylation is 1. The Balaban J connectivity index is 2.00. The van der Waals surface area contributed by atoms with E-state index in [1.165, 1.54) is 37.1 Å². The first kappa shape index (κ1) is 19.1. The number of halogens is 1. The molecule has 0 unspecified atom stereocenters. The Kier molecular flexibility index (Phi) is 5.39. The van der Waals surface area contributed by atoms with E-state index in [9.17, 15) is 14.0 Å². The Labute approximate surface area is 160 Å². The first-order valence-electron chi connectivity index (χ1n) is 8.34. The second-order valence-electron chi connectivity index (χ2n) is 5.88. The number of methoxy groups -OCH3 is 2. The molecule has 1 aromatic heterocycles. The van der Waals surface area contributed by atoms with E-state index in [0.29, 0.717) is 22.9 Å². The molecule has 0 atom stereocenters. The third kappa shape index (κ3) is 3.71. The monoisotopic (exact) mass is 383 g/mol. The van der Waals surface area contributed by atoms with Crippen LogP contribution >= 0.6 is 0 Å². The van der Waals surface area contributed by atoms with E-state index in [0.717, 1.165) is 0 Å². The van der Waals surface area contributed by atoms with E-state index in [1.807, 2.05) is 0 Å². The molecule has 0 aliphatic rings. The van der Waals surface area contributed by atoms with Crippen molar-refractivity contribution in [3.05, 3.63) is 76.0 Å². The number of para-hydroxylation sites is 1. The van der Waals surface area contributed by atoms with Gasteiger partial charge in [0.15, 0.2) is 5.69 Å². The quantitative estimate of drug-likeness (QED) is 0.733. The third-order valence-electron chi connectivity index (χ3n) is 4.06. The van der Waals surface area contributed by atoms with Gasteiger partial charge in [0.1, 0.15) is 23.0 Å². The maximum atomic E-state index is 14.1. The van der Waals surface area contributed by atoms with Crippen molar-refractivity contribution < 1.29 is 18.7 Å². The van der Waals surface area contributed by atoms with Gasteiger partial charge in [0.05, 0.1) is 19.9 Å². The molecular weight excluding hydrogens is 365 g/mol. The predicted molar refractivity (Wildman–Crippen MR) is 102 cm³/mol. The summed E-state index contributed by atoms with van der Waals surface area (Å²) in [6.45, 7) is 1.61. The largest absolute Gasteiger partial charge is 0.497 e. The lowest BCUT2D eigenvalue weighted by Crippen LogP contribution is -2.27. The summed E-state index contributed by atoms with van der Waals surface area (Å²) in [7, 11) is 2.95. The van der Waals surface area contributed by atoms with Gasteiger partial charge in [0, 0.05) is 17.8 Å². The number of nitrogens with one attached hydrogen (secondary N) is 1. The van der Waals surface area contributed by atoms with Crippen LogP contribution < -0.4 is 20.2 Å². The summed E-state index contributed by atoms with van der Waals surface area (Å²) in [5, 5.41) is 6.67. The molecule has 0 bridgehead atoms. The van der Waals surface area contributed by atoms with Crippen molar-refractivity contribution in [2.75, 3.05) is 19.5 Å². The second-order valence-corrected chi connectivity index (χ2v) is 5.88. The summed E-state index contributed by atoms with van der Waals surface area (Å²) in [5.41, 5.74) is -0.0703. The third-order valence-corrected chi connectivity index (χ3v) is 4.06. The number of carbonyl (C=O) groups excluding carboxylic acids is 1. The van der Waals surface area contributed by atoms with Crippen molar-refractivity contribution in [3.8, 4) is 17.2 Å². The van der Waals surface area contributed by atoms with Crippen molar-refractivity contribution in [2.24, 2.45) is 0 Å². The van der Waals surface area contributed by atoms with Crippen LogP contribution in [0.25, 0.3) is 5.69 Å². The number of hydrogen-bond acceptors (Lipinski definition) is 5. The van der Waals surface area contributed by atoms with Gasteiger partial charge in [0.25, 0.3) is 5.91 Å². The molecule has 1 heterocycles. The highest BCUT2D eigenvalue weighted by Crippen LogP contribution is 2.29. The molecule has 0 aliphatic heterocycles. The van der Waals surface area contributed by atoms with Crippen LogP contribution in [0.4, 0.5) is 10.1 Å². The molecule has 0 fully saturated rings. The minimum Gasteiger partial charge on any atom is -0.497 e. The highest BCUT2D eigenvalue weighted by molar-refractivity contribution is 6.03. The second kappa shape index (κ2) is 7.91. The lowest BCUT2D eigenvalue weighted by molar-refractivity contribution is 0.101. The topological polar surface area (TPSA) is 82.5 Å². The normalized spacial score (nSPS) is 10.4. The summed E-state index contributed by atoms with van der Waals surface area (Å²) < 4.78 is 25.7. The van der Waals surface area contributed by atoms with Crippen LogP contribution in [0.1, 0.15) is 16.2 Å². The van der Waals surface area contributed by atoms with Crippen molar-refractivity contribution in [3.63, 3.8) is 0 Å². The molecule has 3 aromatic rings. The minimum atomic E-state index is -0.737. The van der Waals surface area contributed by atoms with Crippen LogP contribution in [0.3, 0.4) is 0 Å². The molecule has 1 N–H and O–H groups in total. The molecule has 3 rings (SSSR count). The molecule has 7 nitrogen and oxygen atoms in total. The van der Waals surface area contributed by atoms with Gasteiger partial charge >= 0.3 is 0 Å². The van der Waals surface area contributed by atoms with Gasteiger partial charge in [-0.25, -0.2) is 9.07 Å². The van der Waals surface area contributed by atoms with Crippen molar-refractivity contribution in [1.82, 2.24) is 9.78 Å². The number of amides is 1. The fourth-order valence-corrected chi connectivity index (χ4v) is 2.66. The summed E-state index contributed by atoms with van der Waals surface area (Å²) in [5.74, 6) is -0.358. The fourth-order valence-electron chi connectivity index (χ4n) is 2.66. The van der Waals surface area contributed by atoms with E-state index in [-0.39, 0.29) is 11.4 Å². The number of hydrogen-bond donors (Lipinski definition) is 1. The molecular formula is C20H18FN3O4. The van der Waals surface area contributed by atoms with Crippen LogP contribution in [0.15, 0.2) is 53.3 Å². The molecule has 0 spiro atoms. The van der Waals surface area contributed by atoms with Crippen LogP contribution in [0, 0.1) is 12.7 Å². The summed E-state index contributed by atoms with van der Waals surface area (Å²) >= 11 is 0. The SMILES string of the molecule is COc1ccc(NC(=O)c2nn(-c3ccccc3F)c(C)cc2=O)c(OC)c1. The van der Waals surface area contributed by atoms with Gasteiger partial charge in [-0.1, -0.05) is 12.1 Å².